The quantitative estimate of drug-likeness (QED) is 0.780. The molecule has 1 amide bonds. The van der Waals surface area contributed by atoms with E-state index in [-0.39, 0.29) is 23.0 Å². The minimum absolute atomic E-state index is 0.0728. The lowest BCUT2D eigenvalue weighted by molar-refractivity contribution is -0.118. The highest BCUT2D eigenvalue weighted by Crippen LogP contribution is 2.20. The molecule has 2 aromatic carbocycles. The molecule has 0 unspecified atom stereocenters. The molecule has 0 aliphatic rings. The Labute approximate surface area is 148 Å². The van der Waals surface area contributed by atoms with Gasteiger partial charge in [-0.3, -0.25) is 4.79 Å². The Balaban J connectivity index is 2.11. The molecule has 4 nitrogen and oxygen atoms in total. The average Bonchev–Trinajstić information content (AvgIpc) is 2.54. The van der Waals surface area contributed by atoms with Crippen LogP contribution in [0.4, 0.5) is 5.69 Å². The van der Waals surface area contributed by atoms with E-state index < -0.39 is 9.84 Å². The summed E-state index contributed by atoms with van der Waals surface area (Å²) in [5.74, 6) is -0.456. The van der Waals surface area contributed by atoms with Gasteiger partial charge in [-0.25, -0.2) is 8.42 Å². The van der Waals surface area contributed by atoms with Crippen LogP contribution >= 0.6 is 11.6 Å². The summed E-state index contributed by atoms with van der Waals surface area (Å²) in [6.07, 6.45) is -0.0728. The van der Waals surface area contributed by atoms with Crippen LogP contribution in [0.5, 0.6) is 0 Å². The van der Waals surface area contributed by atoms with Gasteiger partial charge in [0.15, 0.2) is 9.84 Å². The zero-order valence-corrected chi connectivity index (χ0v) is 15.3. The molecule has 24 heavy (non-hydrogen) atoms. The summed E-state index contributed by atoms with van der Waals surface area (Å²) in [4.78, 5) is 14.2. The highest BCUT2D eigenvalue weighted by atomic mass is 35.5. The Morgan fingerprint density at radius 2 is 1.83 bits per heavy atom. The highest BCUT2D eigenvalue weighted by molar-refractivity contribution is 7.91. The van der Waals surface area contributed by atoms with Crippen molar-refractivity contribution >= 4 is 33.0 Å². The second-order valence-corrected chi connectivity index (χ2v) is 8.05. The first-order chi connectivity index (χ1) is 11.3. The summed E-state index contributed by atoms with van der Waals surface area (Å²) >= 11 is 5.84. The van der Waals surface area contributed by atoms with Gasteiger partial charge in [-0.1, -0.05) is 29.8 Å². The van der Waals surface area contributed by atoms with Gasteiger partial charge in [0.05, 0.1) is 10.6 Å². The zero-order valence-electron chi connectivity index (χ0n) is 13.7. The number of benzene rings is 2. The topological polar surface area (TPSA) is 54.5 Å². The standard InChI is InChI=1S/C18H20ClNO3S/c1-3-20(16-8-4-6-14(2)12-16)18(21)10-11-24(22,23)17-9-5-7-15(19)13-17/h4-9,12-13H,3,10-11H2,1-2H3. The molecule has 128 valence electrons. The lowest BCUT2D eigenvalue weighted by atomic mass is 10.2. The third-order valence-corrected chi connectivity index (χ3v) is 5.62. The first kappa shape index (κ1) is 18.5. The predicted molar refractivity (Wildman–Crippen MR) is 97.3 cm³/mol. The third-order valence-electron chi connectivity index (χ3n) is 3.67. The number of hydrogen-bond acceptors (Lipinski definition) is 3. The van der Waals surface area contributed by atoms with Gasteiger partial charge in [0.1, 0.15) is 0 Å². The maximum Gasteiger partial charge on any atom is 0.228 e. The van der Waals surface area contributed by atoms with Gasteiger partial charge in [-0.05, 0) is 49.7 Å². The number of rotatable bonds is 6. The van der Waals surface area contributed by atoms with Gasteiger partial charge in [-0.2, -0.15) is 0 Å². The Kier molecular flexibility index (Phi) is 6.02. The van der Waals surface area contributed by atoms with E-state index in [1.54, 1.807) is 17.0 Å². The summed E-state index contributed by atoms with van der Waals surface area (Å²) in [6, 6.07) is 13.7. The van der Waals surface area contributed by atoms with E-state index in [1.807, 2.05) is 38.1 Å². The van der Waals surface area contributed by atoms with E-state index in [0.717, 1.165) is 11.3 Å². The number of amides is 1. The lowest BCUT2D eigenvalue weighted by Gasteiger charge is -2.21. The van der Waals surface area contributed by atoms with Crippen molar-refractivity contribution in [1.29, 1.82) is 0 Å². The molecule has 0 spiro atoms. The molecule has 0 radical (unpaired) electrons. The highest BCUT2D eigenvalue weighted by Gasteiger charge is 2.20. The summed E-state index contributed by atoms with van der Waals surface area (Å²) in [5.41, 5.74) is 1.83. The van der Waals surface area contributed by atoms with Crippen molar-refractivity contribution in [1.82, 2.24) is 0 Å². The number of hydrogen-bond donors (Lipinski definition) is 0. The van der Waals surface area contributed by atoms with E-state index in [1.165, 1.54) is 12.1 Å². The van der Waals surface area contributed by atoms with Crippen LogP contribution in [0.25, 0.3) is 0 Å². The number of halogens is 1. The molecular weight excluding hydrogens is 346 g/mol. The fourth-order valence-corrected chi connectivity index (χ4v) is 3.96. The fourth-order valence-electron chi connectivity index (χ4n) is 2.43. The van der Waals surface area contributed by atoms with Crippen LogP contribution in [-0.4, -0.2) is 26.6 Å². The molecule has 0 aliphatic carbocycles. The van der Waals surface area contributed by atoms with Crippen molar-refractivity contribution in [2.24, 2.45) is 0 Å². The van der Waals surface area contributed by atoms with Crippen molar-refractivity contribution in [3.63, 3.8) is 0 Å². The molecule has 0 aliphatic heterocycles. The smallest absolute Gasteiger partial charge is 0.228 e. The Morgan fingerprint density at radius 1 is 1.12 bits per heavy atom. The fraction of sp³-hybridized carbons (Fsp3) is 0.278. The maximum absolute atomic E-state index is 12.5. The molecule has 0 aromatic heterocycles. The van der Waals surface area contributed by atoms with Crippen LogP contribution in [0.15, 0.2) is 53.4 Å². The van der Waals surface area contributed by atoms with E-state index in [9.17, 15) is 13.2 Å². The van der Waals surface area contributed by atoms with E-state index in [2.05, 4.69) is 0 Å². The Hall–Kier alpha value is -1.85. The normalized spacial score (nSPS) is 11.3. The summed E-state index contributed by atoms with van der Waals surface area (Å²) in [7, 11) is -3.54. The Morgan fingerprint density at radius 3 is 2.46 bits per heavy atom. The average molecular weight is 366 g/mol. The molecule has 0 fully saturated rings. The number of carbonyl (C=O) groups is 1. The number of carbonyl (C=O) groups excluding carboxylic acids is 1. The van der Waals surface area contributed by atoms with E-state index in [0.29, 0.717) is 11.6 Å². The van der Waals surface area contributed by atoms with Crippen LogP contribution in [0.1, 0.15) is 18.9 Å². The molecule has 0 atom stereocenters. The molecule has 0 N–H and O–H groups in total. The number of nitrogens with zero attached hydrogens (tertiary/aromatic N) is 1. The first-order valence-electron chi connectivity index (χ1n) is 7.69. The molecule has 0 heterocycles. The van der Waals surface area contributed by atoms with Crippen molar-refractivity contribution in [2.75, 3.05) is 17.2 Å². The SMILES string of the molecule is CCN(C(=O)CCS(=O)(=O)c1cccc(Cl)c1)c1cccc(C)c1. The van der Waals surface area contributed by atoms with Crippen LogP contribution in [0, 0.1) is 6.92 Å². The minimum atomic E-state index is -3.54. The molecule has 2 aromatic rings. The molecule has 0 saturated carbocycles. The number of sulfone groups is 1. The van der Waals surface area contributed by atoms with Crippen LogP contribution in [-0.2, 0) is 14.6 Å². The summed E-state index contributed by atoms with van der Waals surface area (Å²) in [5, 5.41) is 0.359. The Bertz CT molecular complexity index is 834. The first-order valence-corrected chi connectivity index (χ1v) is 9.72. The van der Waals surface area contributed by atoms with E-state index in [4.69, 9.17) is 11.6 Å². The molecule has 0 bridgehead atoms. The second kappa shape index (κ2) is 7.81. The van der Waals surface area contributed by atoms with Gasteiger partial charge in [0.25, 0.3) is 0 Å². The van der Waals surface area contributed by atoms with Crippen molar-refractivity contribution in [2.45, 2.75) is 25.2 Å². The van der Waals surface area contributed by atoms with Crippen molar-refractivity contribution in [3.8, 4) is 0 Å². The third kappa shape index (κ3) is 4.58. The zero-order chi connectivity index (χ0) is 17.7. The number of anilines is 1. The molecule has 2 rings (SSSR count). The largest absolute Gasteiger partial charge is 0.313 e. The summed E-state index contributed by atoms with van der Waals surface area (Å²) in [6.45, 7) is 4.30. The molecule has 0 saturated heterocycles. The minimum Gasteiger partial charge on any atom is -0.313 e. The second-order valence-electron chi connectivity index (χ2n) is 5.50. The van der Waals surface area contributed by atoms with Gasteiger partial charge in [0.2, 0.25) is 5.91 Å². The van der Waals surface area contributed by atoms with Crippen molar-refractivity contribution < 1.29 is 13.2 Å². The lowest BCUT2D eigenvalue weighted by Crippen LogP contribution is -2.32. The summed E-state index contributed by atoms with van der Waals surface area (Å²) < 4.78 is 24.7. The van der Waals surface area contributed by atoms with Gasteiger partial charge in [0, 0.05) is 23.7 Å². The monoisotopic (exact) mass is 365 g/mol. The van der Waals surface area contributed by atoms with Crippen LogP contribution < -0.4 is 4.90 Å². The van der Waals surface area contributed by atoms with Crippen molar-refractivity contribution in [3.05, 3.63) is 59.1 Å². The van der Waals surface area contributed by atoms with Gasteiger partial charge >= 0.3 is 0 Å². The van der Waals surface area contributed by atoms with Crippen LogP contribution in [0.3, 0.4) is 0 Å². The van der Waals surface area contributed by atoms with E-state index >= 15 is 0 Å². The number of aryl methyl sites for hydroxylation is 1. The molecule has 6 heteroatoms. The molecular formula is C18H20ClNO3S. The predicted octanol–water partition coefficient (Wildman–Crippen LogP) is 3.87. The maximum atomic E-state index is 12.5. The van der Waals surface area contributed by atoms with Gasteiger partial charge in [-0.15, -0.1) is 0 Å². The van der Waals surface area contributed by atoms with Gasteiger partial charge < -0.3 is 4.90 Å². The van der Waals surface area contributed by atoms with Crippen LogP contribution in [0.2, 0.25) is 5.02 Å².